The maximum Gasteiger partial charge on any atom is 0.335 e. The second kappa shape index (κ2) is 5.34. The molecule has 0 radical (unpaired) electrons. The molecule has 1 aromatic heterocycles. The summed E-state index contributed by atoms with van der Waals surface area (Å²) in [5.74, 6) is -1.96. The van der Waals surface area contributed by atoms with Gasteiger partial charge < -0.3 is 19.5 Å². The Morgan fingerprint density at radius 1 is 1.30 bits per heavy atom. The lowest BCUT2D eigenvalue weighted by Gasteiger charge is -2.34. The number of carboxylic acids is 1. The van der Waals surface area contributed by atoms with E-state index in [1.807, 2.05) is 0 Å². The van der Waals surface area contributed by atoms with Gasteiger partial charge in [0.15, 0.2) is 11.4 Å². The second-order valence-corrected chi connectivity index (χ2v) is 5.83. The summed E-state index contributed by atoms with van der Waals surface area (Å²) in [6, 6.07) is 4.03. The molecule has 1 aromatic carbocycles. The first-order valence-electron chi connectivity index (χ1n) is 7.25. The van der Waals surface area contributed by atoms with Gasteiger partial charge in [0, 0.05) is 36.9 Å². The monoisotopic (exact) mass is 321 g/mol. The topological polar surface area (TPSA) is 91.0 Å². The molecule has 2 heterocycles. The van der Waals surface area contributed by atoms with E-state index in [9.17, 15) is 19.1 Å². The summed E-state index contributed by atoms with van der Waals surface area (Å²) >= 11 is 0. The number of halogens is 1. The summed E-state index contributed by atoms with van der Waals surface area (Å²) in [5, 5.41) is 19.4. The Balaban J connectivity index is 1.85. The number of carboxylic acid groups (broad SMARTS) is 1. The number of likely N-dealkylation sites (tertiary alicyclic amines) is 1. The number of carbonyl (C=O) groups is 2. The van der Waals surface area contributed by atoms with Gasteiger partial charge in [-0.2, -0.15) is 0 Å². The van der Waals surface area contributed by atoms with Crippen molar-refractivity contribution in [2.45, 2.75) is 25.4 Å². The fourth-order valence-electron chi connectivity index (χ4n) is 2.83. The third-order valence-corrected chi connectivity index (χ3v) is 4.37. The van der Waals surface area contributed by atoms with Gasteiger partial charge in [0.05, 0.1) is 0 Å². The zero-order valence-electron chi connectivity index (χ0n) is 12.5. The Morgan fingerprint density at radius 3 is 2.57 bits per heavy atom. The number of aliphatic carboxylic acids is 1. The number of carbonyl (C=O) groups excluding carboxylic acids is 1. The first kappa shape index (κ1) is 15.5. The summed E-state index contributed by atoms with van der Waals surface area (Å²) < 4.78 is 18.9. The summed E-state index contributed by atoms with van der Waals surface area (Å²) in [6.07, 6.45) is -0.0794. The van der Waals surface area contributed by atoms with Crippen molar-refractivity contribution in [3.05, 3.63) is 35.3 Å². The summed E-state index contributed by atoms with van der Waals surface area (Å²) in [7, 11) is 0. The molecule has 3 rings (SSSR count). The van der Waals surface area contributed by atoms with Gasteiger partial charge in [0.1, 0.15) is 11.4 Å². The minimum absolute atomic E-state index is 0.0397. The Bertz CT molecular complexity index is 789. The highest BCUT2D eigenvalue weighted by molar-refractivity contribution is 5.99. The molecule has 1 amide bonds. The van der Waals surface area contributed by atoms with Crippen molar-refractivity contribution in [2.24, 2.45) is 0 Å². The highest BCUT2D eigenvalue weighted by Crippen LogP contribution is 2.29. The van der Waals surface area contributed by atoms with E-state index in [0.29, 0.717) is 16.5 Å². The Morgan fingerprint density at radius 2 is 1.96 bits per heavy atom. The van der Waals surface area contributed by atoms with E-state index in [1.54, 1.807) is 6.92 Å². The molecule has 6 nitrogen and oxygen atoms in total. The van der Waals surface area contributed by atoms with Crippen molar-refractivity contribution >= 4 is 22.8 Å². The molecular formula is C16H16FNO5. The number of piperidine rings is 1. The van der Waals surface area contributed by atoms with Crippen LogP contribution in [0.2, 0.25) is 0 Å². The molecule has 0 aliphatic carbocycles. The summed E-state index contributed by atoms with van der Waals surface area (Å²) in [5.41, 5.74) is -0.821. The molecule has 0 unspecified atom stereocenters. The van der Waals surface area contributed by atoms with Gasteiger partial charge in [-0.1, -0.05) is 0 Å². The van der Waals surface area contributed by atoms with E-state index >= 15 is 0 Å². The highest BCUT2D eigenvalue weighted by Gasteiger charge is 2.41. The minimum atomic E-state index is -1.79. The van der Waals surface area contributed by atoms with Gasteiger partial charge in [-0.3, -0.25) is 4.79 Å². The lowest BCUT2D eigenvalue weighted by Crippen LogP contribution is -2.50. The molecule has 2 N–H and O–H groups in total. The summed E-state index contributed by atoms with van der Waals surface area (Å²) in [4.78, 5) is 25.0. The first-order valence-corrected chi connectivity index (χ1v) is 7.25. The van der Waals surface area contributed by atoms with Gasteiger partial charge in [0.25, 0.3) is 5.91 Å². The number of nitrogens with zero attached hydrogens (tertiary/aromatic N) is 1. The van der Waals surface area contributed by atoms with E-state index in [2.05, 4.69) is 0 Å². The predicted molar refractivity (Wildman–Crippen MR) is 78.6 cm³/mol. The van der Waals surface area contributed by atoms with Crippen molar-refractivity contribution in [2.75, 3.05) is 13.1 Å². The van der Waals surface area contributed by atoms with Gasteiger partial charge in [-0.05, 0) is 25.1 Å². The molecule has 1 aliphatic heterocycles. The fraction of sp³-hybridized carbons (Fsp3) is 0.375. The number of benzene rings is 1. The summed E-state index contributed by atoms with van der Waals surface area (Å²) in [6.45, 7) is 1.91. The molecule has 0 saturated carbocycles. The largest absolute Gasteiger partial charge is 0.479 e. The van der Waals surface area contributed by atoms with Crippen LogP contribution in [-0.4, -0.2) is 45.7 Å². The molecule has 0 bridgehead atoms. The van der Waals surface area contributed by atoms with Crippen LogP contribution in [0.15, 0.2) is 22.6 Å². The number of aryl methyl sites for hydroxylation is 1. The maximum absolute atomic E-state index is 13.3. The van der Waals surface area contributed by atoms with Crippen LogP contribution < -0.4 is 0 Å². The average molecular weight is 321 g/mol. The smallest absolute Gasteiger partial charge is 0.335 e. The standard InChI is InChI=1S/C16H16FNO5/c1-9-11-8-10(17)2-3-12(11)23-13(9)14(19)18-6-4-16(22,5-7-18)15(20)21/h2-3,8,22H,4-7H2,1H3,(H,20,21). The zero-order valence-corrected chi connectivity index (χ0v) is 12.5. The van der Waals surface area contributed by atoms with Crippen molar-refractivity contribution in [3.63, 3.8) is 0 Å². The Hall–Kier alpha value is -2.41. The van der Waals surface area contributed by atoms with E-state index in [4.69, 9.17) is 9.52 Å². The number of fused-ring (bicyclic) bond motifs is 1. The molecule has 1 saturated heterocycles. The Kier molecular flexibility index (Phi) is 3.60. The van der Waals surface area contributed by atoms with Gasteiger partial charge in [0.2, 0.25) is 0 Å². The van der Waals surface area contributed by atoms with Crippen LogP contribution in [-0.2, 0) is 4.79 Å². The van der Waals surface area contributed by atoms with Crippen molar-refractivity contribution < 1.29 is 28.6 Å². The van der Waals surface area contributed by atoms with Gasteiger partial charge >= 0.3 is 5.97 Å². The van der Waals surface area contributed by atoms with E-state index in [1.165, 1.54) is 23.1 Å². The van der Waals surface area contributed by atoms with Crippen molar-refractivity contribution in [1.29, 1.82) is 0 Å². The number of furan rings is 1. The first-order chi connectivity index (χ1) is 10.8. The molecule has 1 fully saturated rings. The molecule has 122 valence electrons. The fourth-order valence-corrected chi connectivity index (χ4v) is 2.83. The van der Waals surface area contributed by atoms with Crippen LogP contribution in [0.5, 0.6) is 0 Å². The normalized spacial score (nSPS) is 17.4. The molecule has 1 aliphatic rings. The highest BCUT2D eigenvalue weighted by atomic mass is 19.1. The Labute approximate surface area is 131 Å². The predicted octanol–water partition coefficient (Wildman–Crippen LogP) is 1.93. The zero-order chi connectivity index (χ0) is 16.8. The van der Waals surface area contributed by atoms with Gasteiger partial charge in [-0.15, -0.1) is 0 Å². The third-order valence-electron chi connectivity index (χ3n) is 4.37. The number of hydrogen-bond donors (Lipinski definition) is 2. The van der Waals surface area contributed by atoms with Crippen LogP contribution in [0.4, 0.5) is 4.39 Å². The molecule has 0 atom stereocenters. The van der Waals surface area contributed by atoms with Gasteiger partial charge in [-0.25, -0.2) is 9.18 Å². The van der Waals surface area contributed by atoms with E-state index in [0.717, 1.165) is 0 Å². The van der Waals surface area contributed by atoms with Crippen LogP contribution in [0.1, 0.15) is 29.0 Å². The van der Waals surface area contributed by atoms with Crippen LogP contribution in [0, 0.1) is 12.7 Å². The SMILES string of the molecule is Cc1c(C(=O)N2CCC(O)(C(=O)O)CC2)oc2ccc(F)cc12. The lowest BCUT2D eigenvalue weighted by atomic mass is 9.91. The molecule has 23 heavy (non-hydrogen) atoms. The van der Waals surface area contributed by atoms with E-state index in [-0.39, 0.29) is 37.6 Å². The quantitative estimate of drug-likeness (QED) is 0.882. The number of aliphatic hydroxyl groups is 1. The molecular weight excluding hydrogens is 305 g/mol. The molecule has 0 spiro atoms. The number of amides is 1. The second-order valence-electron chi connectivity index (χ2n) is 5.83. The van der Waals surface area contributed by atoms with Crippen LogP contribution in [0.3, 0.4) is 0 Å². The number of hydrogen-bond acceptors (Lipinski definition) is 4. The number of rotatable bonds is 2. The average Bonchev–Trinajstić information content (AvgIpc) is 2.84. The minimum Gasteiger partial charge on any atom is -0.479 e. The maximum atomic E-state index is 13.3. The molecule has 2 aromatic rings. The van der Waals surface area contributed by atoms with Crippen LogP contribution in [0.25, 0.3) is 11.0 Å². The van der Waals surface area contributed by atoms with Crippen LogP contribution >= 0.6 is 0 Å². The molecule has 7 heteroatoms. The van der Waals surface area contributed by atoms with Crippen molar-refractivity contribution in [1.82, 2.24) is 4.90 Å². The third kappa shape index (κ3) is 2.57. The lowest BCUT2D eigenvalue weighted by molar-refractivity contribution is -0.162. The van der Waals surface area contributed by atoms with Crippen molar-refractivity contribution in [3.8, 4) is 0 Å². The van der Waals surface area contributed by atoms with E-state index < -0.39 is 17.4 Å².